The van der Waals surface area contributed by atoms with Crippen LogP contribution < -0.4 is 11.5 Å². The van der Waals surface area contributed by atoms with Crippen LogP contribution >= 0.6 is 0 Å². The number of primary amides is 2. The molecule has 0 aliphatic heterocycles. The Morgan fingerprint density at radius 1 is 1.15 bits per heavy atom. The normalized spacial score (nSPS) is 7.85. The second-order valence-electron chi connectivity index (χ2n) is 2.47. The summed E-state index contributed by atoms with van der Waals surface area (Å²) in [7, 11) is 0. The Kier molecular flexibility index (Phi) is 7.62. The van der Waals surface area contributed by atoms with Crippen molar-refractivity contribution in [3.05, 3.63) is 24.3 Å². The van der Waals surface area contributed by atoms with Gasteiger partial charge in [0.2, 0.25) is 11.8 Å². The molecule has 0 aliphatic carbocycles. The lowest BCUT2D eigenvalue weighted by atomic mass is 10.2. The summed E-state index contributed by atoms with van der Waals surface area (Å²) in [5.41, 5.74) is 10.4. The summed E-state index contributed by atoms with van der Waals surface area (Å²) < 4.78 is 0. The largest absolute Gasteiger partial charge is 0.366 e. The fourth-order valence-electron chi connectivity index (χ4n) is 0.174. The topological polar surface area (TPSA) is 86.2 Å². The standard InChI is InChI=1S/C5H9NO.C4H7NO/c1-3-4(2)5(6)7;1-3(2)4(5)6/h2-3H2,1H3,(H2,6,7);1H2,2H3,(H2,5,6). The van der Waals surface area contributed by atoms with Crippen molar-refractivity contribution in [3.63, 3.8) is 0 Å². The van der Waals surface area contributed by atoms with Crippen molar-refractivity contribution < 1.29 is 9.59 Å². The smallest absolute Gasteiger partial charge is 0.244 e. The van der Waals surface area contributed by atoms with Crippen LogP contribution in [0.4, 0.5) is 0 Å². The predicted octanol–water partition coefficient (Wildman–Crippen LogP) is 0.486. The highest BCUT2D eigenvalue weighted by Crippen LogP contribution is 1.91. The zero-order chi connectivity index (χ0) is 11.0. The van der Waals surface area contributed by atoms with Gasteiger partial charge in [0.15, 0.2) is 0 Å². The second kappa shape index (κ2) is 7.09. The highest BCUT2D eigenvalue weighted by Gasteiger charge is 1.93. The van der Waals surface area contributed by atoms with Crippen LogP contribution in [0.3, 0.4) is 0 Å². The molecular formula is C9H16N2O2. The van der Waals surface area contributed by atoms with Gasteiger partial charge in [0.05, 0.1) is 0 Å². The van der Waals surface area contributed by atoms with E-state index in [-0.39, 0.29) is 0 Å². The van der Waals surface area contributed by atoms with Crippen molar-refractivity contribution in [2.75, 3.05) is 0 Å². The molecule has 0 aromatic heterocycles. The summed E-state index contributed by atoms with van der Waals surface area (Å²) in [6, 6.07) is 0. The van der Waals surface area contributed by atoms with E-state index in [0.29, 0.717) is 17.6 Å². The first kappa shape index (κ1) is 14.0. The average molecular weight is 184 g/mol. The molecule has 4 heteroatoms. The van der Waals surface area contributed by atoms with Gasteiger partial charge in [0.1, 0.15) is 0 Å². The van der Waals surface area contributed by atoms with E-state index >= 15 is 0 Å². The van der Waals surface area contributed by atoms with Gasteiger partial charge in [-0.3, -0.25) is 9.59 Å². The summed E-state index contributed by atoms with van der Waals surface area (Å²) in [5, 5.41) is 0. The van der Waals surface area contributed by atoms with Gasteiger partial charge in [-0.15, -0.1) is 0 Å². The van der Waals surface area contributed by atoms with Crippen LogP contribution in [0.15, 0.2) is 24.3 Å². The lowest BCUT2D eigenvalue weighted by Crippen LogP contribution is -2.11. The first-order valence-corrected chi connectivity index (χ1v) is 3.75. The summed E-state index contributed by atoms with van der Waals surface area (Å²) in [5.74, 6) is -0.836. The van der Waals surface area contributed by atoms with E-state index in [1.807, 2.05) is 6.92 Å². The predicted molar refractivity (Wildman–Crippen MR) is 52.6 cm³/mol. The van der Waals surface area contributed by atoms with E-state index < -0.39 is 11.8 Å². The maximum Gasteiger partial charge on any atom is 0.244 e. The summed E-state index contributed by atoms with van der Waals surface area (Å²) >= 11 is 0. The highest BCUT2D eigenvalue weighted by atomic mass is 16.1. The Balaban J connectivity index is 0. The van der Waals surface area contributed by atoms with E-state index in [4.69, 9.17) is 11.5 Å². The van der Waals surface area contributed by atoms with E-state index in [0.717, 1.165) is 0 Å². The number of carbonyl (C=O) groups excluding carboxylic acids is 2. The fraction of sp³-hybridized carbons (Fsp3) is 0.333. The van der Waals surface area contributed by atoms with Crippen molar-refractivity contribution >= 4 is 11.8 Å². The van der Waals surface area contributed by atoms with Crippen molar-refractivity contribution in [2.24, 2.45) is 11.5 Å². The van der Waals surface area contributed by atoms with Gasteiger partial charge < -0.3 is 11.5 Å². The molecule has 2 amide bonds. The lowest BCUT2D eigenvalue weighted by Gasteiger charge is -1.89. The van der Waals surface area contributed by atoms with E-state index in [9.17, 15) is 9.59 Å². The van der Waals surface area contributed by atoms with E-state index in [1.165, 1.54) is 0 Å². The molecule has 4 N–H and O–H groups in total. The molecule has 0 bridgehead atoms. The maximum absolute atomic E-state index is 10.1. The third kappa shape index (κ3) is 10.4. The van der Waals surface area contributed by atoms with Crippen molar-refractivity contribution in [2.45, 2.75) is 20.3 Å². The Labute approximate surface area is 78.3 Å². The van der Waals surface area contributed by atoms with E-state index in [1.54, 1.807) is 6.92 Å². The van der Waals surface area contributed by atoms with Crippen LogP contribution in [0.25, 0.3) is 0 Å². The number of hydrogen-bond donors (Lipinski definition) is 2. The SMILES string of the molecule is C=C(C)C(N)=O.C=C(CC)C(N)=O. The van der Waals surface area contributed by atoms with Crippen molar-refractivity contribution in [1.29, 1.82) is 0 Å². The van der Waals surface area contributed by atoms with Gasteiger partial charge in [0, 0.05) is 11.1 Å². The number of amides is 2. The monoisotopic (exact) mass is 184 g/mol. The van der Waals surface area contributed by atoms with Crippen molar-refractivity contribution in [3.8, 4) is 0 Å². The van der Waals surface area contributed by atoms with Gasteiger partial charge in [-0.25, -0.2) is 0 Å². The minimum atomic E-state index is -0.435. The Hall–Kier alpha value is -1.58. The molecule has 0 atom stereocenters. The summed E-state index contributed by atoms with van der Waals surface area (Å²) in [6.07, 6.45) is 0.648. The van der Waals surface area contributed by atoms with Crippen LogP contribution in [0, 0.1) is 0 Å². The summed E-state index contributed by atoms with van der Waals surface area (Å²) in [4.78, 5) is 19.9. The van der Waals surface area contributed by atoms with Crippen LogP contribution in [-0.4, -0.2) is 11.8 Å². The molecule has 0 saturated heterocycles. The molecular weight excluding hydrogens is 168 g/mol. The molecule has 0 aliphatic rings. The van der Waals surface area contributed by atoms with Crippen molar-refractivity contribution in [1.82, 2.24) is 0 Å². The van der Waals surface area contributed by atoms with Crippen LogP contribution in [0.5, 0.6) is 0 Å². The third-order valence-electron chi connectivity index (χ3n) is 1.20. The van der Waals surface area contributed by atoms with Crippen LogP contribution in [0.2, 0.25) is 0 Å². The average Bonchev–Trinajstić information content (AvgIpc) is 2.03. The molecule has 0 saturated carbocycles. The zero-order valence-electron chi connectivity index (χ0n) is 8.09. The van der Waals surface area contributed by atoms with Gasteiger partial charge >= 0.3 is 0 Å². The molecule has 0 radical (unpaired) electrons. The first-order valence-electron chi connectivity index (χ1n) is 3.75. The second-order valence-corrected chi connectivity index (χ2v) is 2.47. The minimum absolute atomic E-state index is 0.398. The molecule has 74 valence electrons. The van der Waals surface area contributed by atoms with Gasteiger partial charge in [-0.2, -0.15) is 0 Å². The number of carbonyl (C=O) groups is 2. The highest BCUT2D eigenvalue weighted by molar-refractivity contribution is 5.91. The lowest BCUT2D eigenvalue weighted by molar-refractivity contribution is -0.115. The zero-order valence-corrected chi connectivity index (χ0v) is 8.09. The number of nitrogens with two attached hydrogens (primary N) is 2. The van der Waals surface area contributed by atoms with Gasteiger partial charge in [-0.1, -0.05) is 20.1 Å². The van der Waals surface area contributed by atoms with Crippen LogP contribution in [-0.2, 0) is 9.59 Å². The summed E-state index contributed by atoms with van der Waals surface area (Å²) in [6.45, 7) is 10.1. The van der Waals surface area contributed by atoms with Gasteiger partial charge in [-0.05, 0) is 13.3 Å². The molecule has 0 rings (SSSR count). The molecule has 0 heterocycles. The molecule has 0 aromatic rings. The molecule has 0 aromatic carbocycles. The molecule has 0 unspecified atom stereocenters. The maximum atomic E-state index is 10.1. The minimum Gasteiger partial charge on any atom is -0.366 e. The fourth-order valence-corrected chi connectivity index (χ4v) is 0.174. The number of hydrogen-bond acceptors (Lipinski definition) is 2. The molecule has 0 fully saturated rings. The first-order chi connectivity index (χ1) is 5.82. The Morgan fingerprint density at radius 3 is 1.46 bits per heavy atom. The van der Waals surface area contributed by atoms with Gasteiger partial charge in [0.25, 0.3) is 0 Å². The Morgan fingerprint density at radius 2 is 1.46 bits per heavy atom. The quantitative estimate of drug-likeness (QED) is 0.625. The molecule has 13 heavy (non-hydrogen) atoms. The van der Waals surface area contributed by atoms with Crippen LogP contribution in [0.1, 0.15) is 20.3 Å². The molecule has 0 spiro atoms. The van der Waals surface area contributed by atoms with E-state index in [2.05, 4.69) is 13.2 Å². The third-order valence-corrected chi connectivity index (χ3v) is 1.20. The molecule has 4 nitrogen and oxygen atoms in total. The Bertz CT molecular complexity index is 220. The number of rotatable bonds is 3.